The van der Waals surface area contributed by atoms with Gasteiger partial charge in [0.15, 0.2) is 0 Å². The summed E-state index contributed by atoms with van der Waals surface area (Å²) in [5, 5.41) is 15.7. The smallest absolute Gasteiger partial charge is 0.272 e. The molecule has 0 aliphatic heterocycles. The number of hydrogen-bond donors (Lipinski definition) is 4. The molecule has 0 atom stereocenters. The molecule has 3 aromatic rings. The van der Waals surface area contributed by atoms with E-state index in [1.54, 1.807) is 25.1 Å². The van der Waals surface area contributed by atoms with Gasteiger partial charge in [-0.05, 0) is 73.2 Å². The van der Waals surface area contributed by atoms with E-state index in [9.17, 15) is 14.0 Å². The van der Waals surface area contributed by atoms with Crippen LogP contribution in [0.1, 0.15) is 50.5 Å². The fourth-order valence-electron chi connectivity index (χ4n) is 3.79. The van der Waals surface area contributed by atoms with Crippen LogP contribution in [-0.4, -0.2) is 28.5 Å². The monoisotopic (exact) mass is 503 g/mol. The number of amides is 2. The highest BCUT2D eigenvalue weighted by Gasteiger charge is 2.21. The second kappa shape index (κ2) is 12.8. The Labute approximate surface area is 217 Å². The summed E-state index contributed by atoms with van der Waals surface area (Å²) in [5.41, 5.74) is 3.11. The van der Waals surface area contributed by atoms with Gasteiger partial charge in [0.25, 0.3) is 5.91 Å². The minimum atomic E-state index is -0.264. The molecule has 0 unspecified atom stereocenters. The number of aromatic nitrogens is 1. The van der Waals surface area contributed by atoms with Crippen molar-refractivity contribution in [3.63, 3.8) is 0 Å². The first-order valence-corrected chi connectivity index (χ1v) is 12.3. The van der Waals surface area contributed by atoms with E-state index in [1.165, 1.54) is 6.08 Å². The first-order valence-electron chi connectivity index (χ1n) is 12.3. The molecule has 0 radical (unpaired) electrons. The highest BCUT2D eigenvalue weighted by molar-refractivity contribution is 6.06. The quantitative estimate of drug-likeness (QED) is 0.282. The molecule has 4 rings (SSSR count). The van der Waals surface area contributed by atoms with Crippen LogP contribution in [0.25, 0.3) is 10.9 Å². The molecule has 6 nitrogen and oxygen atoms in total. The van der Waals surface area contributed by atoms with Crippen molar-refractivity contribution >= 4 is 34.1 Å². The molecular weight excluding hydrogens is 469 g/mol. The van der Waals surface area contributed by atoms with Crippen LogP contribution in [0.15, 0.2) is 90.3 Å². The molecule has 7 heteroatoms. The van der Waals surface area contributed by atoms with Gasteiger partial charge in [-0.3, -0.25) is 9.59 Å². The average molecular weight is 504 g/mol. The molecule has 194 valence electrons. The number of hydrogen-bond acceptors (Lipinski definition) is 3. The molecule has 1 aliphatic rings. The highest BCUT2D eigenvalue weighted by Crippen LogP contribution is 2.26. The molecule has 0 saturated heterocycles. The largest absolute Gasteiger partial charge is 0.396 e. The third-order valence-corrected chi connectivity index (χ3v) is 5.89. The number of para-hydroxylation sites is 1. The van der Waals surface area contributed by atoms with Crippen LogP contribution in [0.3, 0.4) is 0 Å². The topological polar surface area (TPSA) is 94.2 Å². The van der Waals surface area contributed by atoms with Crippen LogP contribution in [0, 0.1) is 5.41 Å². The van der Waals surface area contributed by atoms with Crippen LogP contribution < -0.4 is 10.6 Å². The molecule has 2 aromatic carbocycles. The Balaban J connectivity index is 0.000000356. The van der Waals surface area contributed by atoms with Crippen molar-refractivity contribution in [2.45, 2.75) is 40.0 Å². The fourth-order valence-corrected chi connectivity index (χ4v) is 3.79. The van der Waals surface area contributed by atoms with Crippen molar-refractivity contribution in [2.75, 3.05) is 17.2 Å². The van der Waals surface area contributed by atoms with Crippen molar-refractivity contribution in [2.24, 2.45) is 5.41 Å². The average Bonchev–Trinajstić information content (AvgIpc) is 3.18. The predicted molar refractivity (Wildman–Crippen MR) is 148 cm³/mol. The summed E-state index contributed by atoms with van der Waals surface area (Å²) in [4.78, 5) is 27.8. The Morgan fingerprint density at radius 1 is 1.00 bits per heavy atom. The number of aromatic amines is 1. The molecule has 0 bridgehead atoms. The van der Waals surface area contributed by atoms with Crippen molar-refractivity contribution in [1.29, 1.82) is 0 Å². The van der Waals surface area contributed by atoms with Crippen molar-refractivity contribution in [1.82, 2.24) is 4.98 Å². The Hall–Kier alpha value is -3.97. The first kappa shape index (κ1) is 27.6. The van der Waals surface area contributed by atoms with Gasteiger partial charge in [-0.2, -0.15) is 0 Å². The summed E-state index contributed by atoms with van der Waals surface area (Å²) in [6.07, 6.45) is 8.79. The van der Waals surface area contributed by atoms with Gasteiger partial charge in [0.05, 0.1) is 0 Å². The second-order valence-electron chi connectivity index (χ2n) is 9.74. The number of carbonyl (C=O) groups excluding carboxylic acids is 2. The standard InChI is InChI=1S/C22H25N3O3.C8H9F/c1-22(2,10-11-26)14-20(27)23-17-8-9-18-15(12-17)13-19(25-18)21(28)24-16-6-4-3-5-7-16;1-7-5-3-2-4-6-8(7)9/h3-9,12-13,25-26H,10-11,14H2,1-2H3,(H,23,27)(H,24,28);3-6H,2H2,1H3. The molecule has 0 spiro atoms. The van der Waals surface area contributed by atoms with Gasteiger partial charge in [0.1, 0.15) is 11.5 Å². The zero-order valence-corrected chi connectivity index (χ0v) is 21.5. The van der Waals surface area contributed by atoms with Crippen molar-refractivity contribution in [3.8, 4) is 0 Å². The minimum Gasteiger partial charge on any atom is -0.396 e. The number of anilines is 2. The number of rotatable bonds is 7. The van der Waals surface area contributed by atoms with Crippen molar-refractivity contribution in [3.05, 3.63) is 96.0 Å². The maximum absolute atomic E-state index is 12.6. The number of halogens is 1. The van der Waals surface area contributed by atoms with Crippen molar-refractivity contribution < 1.29 is 19.1 Å². The predicted octanol–water partition coefficient (Wildman–Crippen LogP) is 6.90. The lowest BCUT2D eigenvalue weighted by Crippen LogP contribution is -2.23. The zero-order valence-electron chi connectivity index (χ0n) is 21.5. The van der Waals surface area contributed by atoms with E-state index in [1.807, 2.05) is 68.5 Å². The highest BCUT2D eigenvalue weighted by atomic mass is 19.1. The molecule has 37 heavy (non-hydrogen) atoms. The number of carbonyl (C=O) groups is 2. The van der Waals surface area contributed by atoms with Crippen LogP contribution in [0.2, 0.25) is 0 Å². The molecular formula is C30H34FN3O3. The van der Waals surface area contributed by atoms with Gasteiger partial charge in [-0.25, -0.2) is 4.39 Å². The Kier molecular flexibility index (Phi) is 9.57. The minimum absolute atomic E-state index is 0.0589. The van der Waals surface area contributed by atoms with Crippen LogP contribution >= 0.6 is 0 Å². The fraction of sp³-hybridized carbons (Fsp3) is 0.267. The second-order valence-corrected chi connectivity index (χ2v) is 9.74. The van der Waals surface area contributed by atoms with Gasteiger partial charge in [-0.1, -0.05) is 50.3 Å². The van der Waals surface area contributed by atoms with Gasteiger partial charge in [0, 0.05) is 35.3 Å². The summed E-state index contributed by atoms with van der Waals surface area (Å²) < 4.78 is 12.6. The maximum Gasteiger partial charge on any atom is 0.272 e. The lowest BCUT2D eigenvalue weighted by molar-refractivity contribution is -0.118. The molecule has 2 amide bonds. The number of nitrogens with one attached hydrogen (secondary N) is 3. The van der Waals surface area contributed by atoms with Gasteiger partial charge < -0.3 is 20.7 Å². The van der Waals surface area contributed by atoms with Crippen LogP contribution in [0.4, 0.5) is 15.8 Å². The lowest BCUT2D eigenvalue weighted by atomic mass is 9.86. The number of aliphatic hydroxyl groups is 1. The normalized spacial score (nSPS) is 13.1. The van der Waals surface area contributed by atoms with E-state index in [0.717, 1.165) is 23.0 Å². The van der Waals surface area contributed by atoms with E-state index in [4.69, 9.17) is 5.11 Å². The van der Waals surface area contributed by atoms with E-state index >= 15 is 0 Å². The zero-order chi connectivity index (χ0) is 26.8. The van der Waals surface area contributed by atoms with Gasteiger partial charge in [-0.15, -0.1) is 0 Å². The molecule has 0 saturated carbocycles. The van der Waals surface area contributed by atoms with E-state index < -0.39 is 0 Å². The third kappa shape index (κ3) is 8.58. The summed E-state index contributed by atoms with van der Waals surface area (Å²) in [6, 6.07) is 16.5. The number of benzene rings is 2. The number of H-pyrrole nitrogens is 1. The Morgan fingerprint density at radius 3 is 2.46 bits per heavy atom. The molecule has 1 aromatic heterocycles. The lowest BCUT2D eigenvalue weighted by Gasteiger charge is -2.22. The van der Waals surface area contributed by atoms with E-state index in [-0.39, 0.29) is 29.7 Å². The van der Waals surface area contributed by atoms with Gasteiger partial charge >= 0.3 is 0 Å². The molecule has 1 aliphatic carbocycles. The third-order valence-electron chi connectivity index (χ3n) is 5.89. The summed E-state index contributed by atoms with van der Waals surface area (Å²) in [5.74, 6) is -0.446. The molecule has 1 heterocycles. The van der Waals surface area contributed by atoms with Crippen LogP contribution in [0.5, 0.6) is 0 Å². The maximum atomic E-state index is 12.6. The van der Waals surface area contributed by atoms with E-state index in [0.29, 0.717) is 29.8 Å². The molecule has 0 fully saturated rings. The number of allylic oxidation sites excluding steroid dienone is 6. The van der Waals surface area contributed by atoms with Gasteiger partial charge in [0.2, 0.25) is 5.91 Å². The summed E-state index contributed by atoms with van der Waals surface area (Å²) >= 11 is 0. The SMILES string of the molecule is CC(C)(CCO)CC(=O)Nc1ccc2[nH]c(C(=O)Nc3ccccc3)cc2c1.CC1=C(F)C=CCC=C1. The summed E-state index contributed by atoms with van der Waals surface area (Å²) in [6.45, 7) is 5.73. The first-order chi connectivity index (χ1) is 17.7. The summed E-state index contributed by atoms with van der Waals surface area (Å²) in [7, 11) is 0. The number of fused-ring (bicyclic) bond motifs is 1. The van der Waals surface area contributed by atoms with E-state index in [2.05, 4.69) is 15.6 Å². The Bertz CT molecular complexity index is 1300. The Morgan fingerprint density at radius 2 is 1.73 bits per heavy atom. The number of aliphatic hydroxyl groups excluding tert-OH is 1. The molecule has 4 N–H and O–H groups in total. The van der Waals surface area contributed by atoms with Crippen LogP contribution in [-0.2, 0) is 4.79 Å².